The first kappa shape index (κ1) is 14.2. The van der Waals surface area contributed by atoms with Crippen LogP contribution in [0.1, 0.15) is 0 Å². The molecule has 6 heteroatoms. The van der Waals surface area contributed by atoms with E-state index in [4.69, 9.17) is 28.4 Å². The van der Waals surface area contributed by atoms with Crippen molar-refractivity contribution < 1.29 is 28.4 Å². The molecule has 0 saturated carbocycles. The van der Waals surface area contributed by atoms with Crippen LogP contribution in [0.4, 0.5) is 0 Å². The topological polar surface area (TPSA) is 55.4 Å². The number of methoxy groups -OCH3 is 2. The maximum Gasteiger partial charge on any atom is 0.115 e. The van der Waals surface area contributed by atoms with Gasteiger partial charge in [-0.2, -0.15) is 0 Å². The summed E-state index contributed by atoms with van der Waals surface area (Å²) in [5.41, 5.74) is 0. The van der Waals surface area contributed by atoms with Gasteiger partial charge in [0, 0.05) is 14.2 Å². The standard InChI is InChI=1S/C12H22O6/c1-13-3-5-15-9-7-17-12-10(8-18-11(9)12)16-6-4-14-2/h9-12H,3-8H2,1-2H3/t9-,10-,11-,12-/m1/s1. The van der Waals surface area contributed by atoms with Gasteiger partial charge in [0.25, 0.3) is 0 Å². The Morgan fingerprint density at radius 2 is 1.22 bits per heavy atom. The Morgan fingerprint density at radius 1 is 0.778 bits per heavy atom. The summed E-state index contributed by atoms with van der Waals surface area (Å²) in [5.74, 6) is 0. The minimum absolute atomic E-state index is 0.0128. The van der Waals surface area contributed by atoms with E-state index in [1.165, 1.54) is 0 Å². The van der Waals surface area contributed by atoms with Gasteiger partial charge in [0.1, 0.15) is 24.4 Å². The van der Waals surface area contributed by atoms with Gasteiger partial charge in [-0.25, -0.2) is 0 Å². The fourth-order valence-electron chi connectivity index (χ4n) is 2.28. The minimum atomic E-state index is -0.0191. The van der Waals surface area contributed by atoms with Crippen molar-refractivity contribution in [3.63, 3.8) is 0 Å². The highest BCUT2D eigenvalue weighted by molar-refractivity contribution is 4.95. The Kier molecular flexibility index (Phi) is 5.81. The van der Waals surface area contributed by atoms with Crippen molar-refractivity contribution in [2.45, 2.75) is 24.4 Å². The van der Waals surface area contributed by atoms with Gasteiger partial charge in [-0.3, -0.25) is 0 Å². The molecule has 6 nitrogen and oxygen atoms in total. The Labute approximate surface area is 107 Å². The summed E-state index contributed by atoms with van der Waals surface area (Å²) < 4.78 is 32.7. The summed E-state index contributed by atoms with van der Waals surface area (Å²) in [5, 5.41) is 0. The molecule has 0 aliphatic carbocycles. The van der Waals surface area contributed by atoms with E-state index >= 15 is 0 Å². The van der Waals surface area contributed by atoms with E-state index in [9.17, 15) is 0 Å². The molecule has 106 valence electrons. The molecule has 0 amide bonds. The third-order valence-electron chi connectivity index (χ3n) is 3.20. The van der Waals surface area contributed by atoms with Crippen LogP contribution in [0, 0.1) is 0 Å². The van der Waals surface area contributed by atoms with Crippen molar-refractivity contribution in [3.8, 4) is 0 Å². The second kappa shape index (κ2) is 7.37. The lowest BCUT2D eigenvalue weighted by Gasteiger charge is -2.17. The Morgan fingerprint density at radius 3 is 1.61 bits per heavy atom. The van der Waals surface area contributed by atoms with Crippen LogP contribution in [-0.2, 0) is 28.4 Å². The van der Waals surface area contributed by atoms with E-state index in [-0.39, 0.29) is 24.4 Å². The molecule has 2 aliphatic rings. The van der Waals surface area contributed by atoms with Gasteiger partial charge in [-0.1, -0.05) is 0 Å². The molecule has 2 fully saturated rings. The maximum atomic E-state index is 5.71. The zero-order valence-corrected chi connectivity index (χ0v) is 11.0. The van der Waals surface area contributed by atoms with Crippen molar-refractivity contribution in [3.05, 3.63) is 0 Å². The molecule has 0 spiro atoms. The summed E-state index contributed by atoms with van der Waals surface area (Å²) >= 11 is 0. The van der Waals surface area contributed by atoms with Gasteiger partial charge in [0.05, 0.1) is 39.6 Å². The summed E-state index contributed by atoms with van der Waals surface area (Å²) in [4.78, 5) is 0. The maximum absolute atomic E-state index is 5.71. The van der Waals surface area contributed by atoms with Crippen LogP contribution >= 0.6 is 0 Å². The second-order valence-corrected chi connectivity index (χ2v) is 4.40. The van der Waals surface area contributed by atoms with Crippen molar-refractivity contribution >= 4 is 0 Å². The molecule has 0 N–H and O–H groups in total. The van der Waals surface area contributed by atoms with Crippen molar-refractivity contribution in [1.82, 2.24) is 0 Å². The van der Waals surface area contributed by atoms with Gasteiger partial charge in [-0.15, -0.1) is 0 Å². The van der Waals surface area contributed by atoms with E-state index in [1.807, 2.05) is 0 Å². The number of fused-ring (bicyclic) bond motifs is 1. The van der Waals surface area contributed by atoms with Crippen molar-refractivity contribution in [1.29, 1.82) is 0 Å². The van der Waals surface area contributed by atoms with Crippen LogP contribution in [0.2, 0.25) is 0 Å². The van der Waals surface area contributed by atoms with E-state index in [2.05, 4.69) is 0 Å². The molecule has 0 aromatic heterocycles. The van der Waals surface area contributed by atoms with Crippen molar-refractivity contribution in [2.24, 2.45) is 0 Å². The molecule has 0 aromatic rings. The molecule has 0 aromatic carbocycles. The van der Waals surface area contributed by atoms with Gasteiger partial charge in [0.2, 0.25) is 0 Å². The lowest BCUT2D eigenvalue weighted by Crippen LogP contribution is -2.34. The number of ether oxygens (including phenoxy) is 6. The molecule has 18 heavy (non-hydrogen) atoms. The first-order valence-corrected chi connectivity index (χ1v) is 6.31. The van der Waals surface area contributed by atoms with Crippen LogP contribution in [-0.4, -0.2) is 78.3 Å². The molecule has 0 radical (unpaired) electrons. The molecule has 0 unspecified atom stereocenters. The number of hydrogen-bond donors (Lipinski definition) is 0. The van der Waals surface area contributed by atoms with Crippen molar-refractivity contribution in [2.75, 3.05) is 53.9 Å². The average molecular weight is 262 g/mol. The third-order valence-corrected chi connectivity index (χ3v) is 3.20. The van der Waals surface area contributed by atoms with Crippen LogP contribution in [0.15, 0.2) is 0 Å². The highest BCUT2D eigenvalue weighted by Gasteiger charge is 2.48. The monoisotopic (exact) mass is 262 g/mol. The Balaban J connectivity index is 1.72. The fraction of sp³-hybridized carbons (Fsp3) is 1.00. The van der Waals surface area contributed by atoms with E-state index < -0.39 is 0 Å². The predicted molar refractivity (Wildman–Crippen MR) is 62.7 cm³/mol. The van der Waals surface area contributed by atoms with Crippen LogP contribution in [0.5, 0.6) is 0 Å². The van der Waals surface area contributed by atoms with Crippen LogP contribution in [0.3, 0.4) is 0 Å². The highest BCUT2D eigenvalue weighted by Crippen LogP contribution is 2.30. The zero-order chi connectivity index (χ0) is 12.8. The molecular weight excluding hydrogens is 240 g/mol. The van der Waals surface area contributed by atoms with Crippen LogP contribution in [0.25, 0.3) is 0 Å². The van der Waals surface area contributed by atoms with Crippen LogP contribution < -0.4 is 0 Å². The smallest absolute Gasteiger partial charge is 0.115 e. The summed E-state index contributed by atoms with van der Waals surface area (Å²) in [6.07, 6.45) is -0.0637. The zero-order valence-electron chi connectivity index (χ0n) is 11.0. The molecule has 2 rings (SSSR count). The normalized spacial score (nSPS) is 35.0. The number of hydrogen-bond acceptors (Lipinski definition) is 6. The van der Waals surface area contributed by atoms with Gasteiger partial charge in [0.15, 0.2) is 0 Å². The largest absolute Gasteiger partial charge is 0.382 e. The second-order valence-electron chi connectivity index (χ2n) is 4.40. The number of rotatable bonds is 8. The Hall–Kier alpha value is -0.240. The van der Waals surface area contributed by atoms with E-state index in [0.717, 1.165) is 0 Å². The molecule has 2 saturated heterocycles. The molecule has 2 aliphatic heterocycles. The SMILES string of the molecule is COCCO[C@@H]1CO[C@H]2[C@@H]1OC[C@H]2OCCOC. The summed E-state index contributed by atoms with van der Waals surface area (Å²) in [7, 11) is 3.31. The lowest BCUT2D eigenvalue weighted by atomic mass is 10.1. The van der Waals surface area contributed by atoms with E-state index in [0.29, 0.717) is 39.6 Å². The fourth-order valence-corrected chi connectivity index (χ4v) is 2.28. The summed E-state index contributed by atoms with van der Waals surface area (Å²) in [6.45, 7) is 3.41. The first-order chi connectivity index (χ1) is 8.86. The summed E-state index contributed by atoms with van der Waals surface area (Å²) in [6, 6.07) is 0. The molecular formula is C12H22O6. The molecule has 4 atom stereocenters. The van der Waals surface area contributed by atoms with Gasteiger partial charge in [-0.05, 0) is 0 Å². The Bertz CT molecular complexity index is 213. The predicted octanol–water partition coefficient (Wildman–Crippen LogP) is -0.153. The highest BCUT2D eigenvalue weighted by atomic mass is 16.6. The lowest BCUT2D eigenvalue weighted by molar-refractivity contribution is -0.0625. The third kappa shape index (κ3) is 3.40. The quantitative estimate of drug-likeness (QED) is 0.567. The minimum Gasteiger partial charge on any atom is -0.382 e. The van der Waals surface area contributed by atoms with Gasteiger partial charge < -0.3 is 28.4 Å². The van der Waals surface area contributed by atoms with Gasteiger partial charge >= 0.3 is 0 Å². The molecule has 0 bridgehead atoms. The average Bonchev–Trinajstić information content (AvgIpc) is 2.94. The van der Waals surface area contributed by atoms with E-state index in [1.54, 1.807) is 14.2 Å². The molecule has 2 heterocycles. The first-order valence-electron chi connectivity index (χ1n) is 6.31.